The summed E-state index contributed by atoms with van der Waals surface area (Å²) >= 11 is 0. The van der Waals surface area contributed by atoms with E-state index in [4.69, 9.17) is 19.7 Å². The molecule has 0 unspecified atom stereocenters. The van der Waals surface area contributed by atoms with Crippen molar-refractivity contribution in [2.75, 3.05) is 0 Å². The zero-order valence-electron chi connectivity index (χ0n) is 40.1. The van der Waals surface area contributed by atoms with Gasteiger partial charge in [-0.25, -0.2) is 14.5 Å². The molecule has 75 heavy (non-hydrogen) atoms. The topological polar surface area (TPSA) is 94.3 Å². The molecule has 8 heteroatoms. The van der Waals surface area contributed by atoms with E-state index in [9.17, 15) is 15.8 Å². The molecule has 344 valence electrons. The van der Waals surface area contributed by atoms with Gasteiger partial charge in [0.1, 0.15) is 0 Å². The first-order valence-corrected chi connectivity index (χ1v) is 24.0. The van der Waals surface area contributed by atoms with Crippen molar-refractivity contribution in [2.45, 2.75) is 6.92 Å². The zero-order chi connectivity index (χ0) is 51.3. The molecule has 8 nitrogen and oxygen atoms in total. The number of benzene rings is 10. The molecule has 0 aliphatic carbocycles. The molecule has 0 saturated heterocycles. The van der Waals surface area contributed by atoms with Crippen LogP contribution < -0.4 is 0 Å². The van der Waals surface area contributed by atoms with E-state index in [2.05, 4.69) is 121 Å². The van der Waals surface area contributed by atoms with Crippen LogP contribution in [-0.4, -0.2) is 9.13 Å². The van der Waals surface area contributed by atoms with Crippen LogP contribution in [-0.2, 0) is 0 Å². The summed E-state index contributed by atoms with van der Waals surface area (Å²) in [5.41, 5.74) is 17.8. The molecule has 12 rings (SSSR count). The van der Waals surface area contributed by atoms with Crippen LogP contribution >= 0.6 is 0 Å². The van der Waals surface area contributed by atoms with Gasteiger partial charge in [-0.3, -0.25) is 0 Å². The molecule has 10 aromatic carbocycles. The summed E-state index contributed by atoms with van der Waals surface area (Å²) in [5, 5.41) is 33.8. The second-order valence-corrected chi connectivity index (χ2v) is 18.5. The molecule has 0 aliphatic rings. The van der Waals surface area contributed by atoms with Gasteiger partial charge in [-0.1, -0.05) is 91.0 Å². The van der Waals surface area contributed by atoms with Crippen molar-refractivity contribution >= 4 is 60.7 Å². The molecule has 0 saturated carbocycles. The van der Waals surface area contributed by atoms with Gasteiger partial charge >= 0.3 is 0 Å². The number of nitriles is 3. The molecule has 2 heterocycles. The van der Waals surface area contributed by atoms with Crippen molar-refractivity contribution in [1.29, 1.82) is 15.8 Å². The van der Waals surface area contributed by atoms with Gasteiger partial charge in [-0.2, -0.15) is 15.8 Å². The lowest BCUT2D eigenvalue weighted by molar-refractivity contribution is 1.10. The summed E-state index contributed by atoms with van der Waals surface area (Å²) < 4.78 is 4.49. The molecule has 0 radical (unpaired) electrons. The molecule has 12 aromatic rings. The lowest BCUT2D eigenvalue weighted by atomic mass is 9.97. The third-order valence-corrected chi connectivity index (χ3v) is 14.0. The van der Waals surface area contributed by atoms with Gasteiger partial charge in [0.2, 0.25) is 0 Å². The van der Waals surface area contributed by atoms with E-state index in [0.717, 1.165) is 111 Å². The first kappa shape index (κ1) is 44.9. The average Bonchev–Trinajstić information content (AvgIpc) is 4.05. The van der Waals surface area contributed by atoms with Gasteiger partial charge in [-0.05, 0) is 177 Å². The van der Waals surface area contributed by atoms with Crippen LogP contribution in [0.1, 0.15) is 22.3 Å². The van der Waals surface area contributed by atoms with Crippen LogP contribution in [0.2, 0.25) is 0 Å². The van der Waals surface area contributed by atoms with E-state index >= 15 is 0 Å². The zero-order valence-corrected chi connectivity index (χ0v) is 40.1. The number of aryl methyl sites for hydroxylation is 1. The van der Waals surface area contributed by atoms with Crippen molar-refractivity contribution in [3.05, 3.63) is 257 Å². The predicted molar refractivity (Wildman–Crippen MR) is 300 cm³/mol. The number of aromatic nitrogens is 2. The van der Waals surface area contributed by atoms with Crippen molar-refractivity contribution in [3.8, 4) is 85.2 Å². The first-order valence-electron chi connectivity index (χ1n) is 24.0. The summed E-state index contributed by atoms with van der Waals surface area (Å²) in [7, 11) is 0. The van der Waals surface area contributed by atoms with Crippen molar-refractivity contribution in [1.82, 2.24) is 9.13 Å². The van der Waals surface area contributed by atoms with Gasteiger partial charge in [0.05, 0.1) is 88.1 Å². The maximum Gasteiger partial charge on any atom is 0.197 e. The molecular formula is C67H36N8. The molecule has 0 spiro atoms. The van der Waals surface area contributed by atoms with Gasteiger partial charge < -0.3 is 9.13 Å². The third kappa shape index (κ3) is 7.76. The smallest absolute Gasteiger partial charge is 0.197 e. The lowest BCUT2D eigenvalue weighted by Gasteiger charge is -2.20. The highest BCUT2D eigenvalue weighted by Gasteiger charge is 2.24. The predicted octanol–water partition coefficient (Wildman–Crippen LogP) is 17.8. The minimum atomic E-state index is 0.401. The fourth-order valence-electron chi connectivity index (χ4n) is 10.6. The summed E-state index contributed by atoms with van der Waals surface area (Å²) in [6.45, 7) is 26.3. The Morgan fingerprint density at radius 1 is 0.347 bits per heavy atom. The van der Waals surface area contributed by atoms with E-state index in [-0.39, 0.29) is 0 Å². The molecule has 0 fully saturated rings. The molecular weight excluding hydrogens is 917 g/mol. The largest absolute Gasteiger partial charge is 0.308 e. The maximum atomic E-state index is 10.2. The quantitative estimate of drug-likeness (QED) is 0.149. The second-order valence-electron chi connectivity index (χ2n) is 18.5. The Kier molecular flexibility index (Phi) is 10.9. The Morgan fingerprint density at radius 3 is 1.12 bits per heavy atom. The monoisotopic (exact) mass is 952 g/mol. The molecule has 0 N–H and O–H groups in total. The molecule has 0 aliphatic heterocycles. The number of nitrogens with zero attached hydrogens (tertiary/aromatic N) is 8. The molecule has 0 bridgehead atoms. The Morgan fingerprint density at radius 2 is 0.720 bits per heavy atom. The lowest BCUT2D eigenvalue weighted by Crippen LogP contribution is -2.04. The van der Waals surface area contributed by atoms with Crippen LogP contribution in [0.15, 0.2) is 200 Å². The standard InChI is InChI=1S/C67H36N8/c1-41-25-44(40-70)29-53(26-41)56-36-66(74-62-21-17-49(45-11-5-9-42(27-45)38-68)32-57(62)58-33-50(18-22-63(58)74)46-12-6-10-43(28-46)39-69)67(37-61(56)73-4)75-64-23-19-51(47-13-7-15-54(30-47)71-2)34-59(64)60-35-52(20-24-65(60)75)48-14-8-16-55(31-48)72-3/h5-37H,1H3. The van der Waals surface area contributed by atoms with Crippen LogP contribution in [0.4, 0.5) is 17.1 Å². The normalized spacial score (nSPS) is 10.9. The van der Waals surface area contributed by atoms with E-state index in [1.54, 1.807) is 24.3 Å². The van der Waals surface area contributed by atoms with Gasteiger partial charge in [0.25, 0.3) is 0 Å². The minimum Gasteiger partial charge on any atom is -0.308 e. The van der Waals surface area contributed by atoms with Crippen LogP contribution in [0.3, 0.4) is 0 Å². The van der Waals surface area contributed by atoms with Crippen molar-refractivity contribution in [3.63, 3.8) is 0 Å². The van der Waals surface area contributed by atoms with Gasteiger partial charge in [0, 0.05) is 21.5 Å². The van der Waals surface area contributed by atoms with Crippen molar-refractivity contribution in [2.24, 2.45) is 0 Å². The highest BCUT2D eigenvalue weighted by Crippen LogP contribution is 2.46. The Balaban J connectivity index is 1.21. The number of fused-ring (bicyclic) bond motifs is 6. The number of hydrogen-bond acceptors (Lipinski definition) is 3. The Hall–Kier alpha value is -11.3. The highest BCUT2D eigenvalue weighted by molar-refractivity contribution is 6.14. The Bertz CT molecular complexity index is 4470. The summed E-state index contributed by atoms with van der Waals surface area (Å²) in [5.74, 6) is 0. The van der Waals surface area contributed by atoms with E-state index in [1.165, 1.54) is 0 Å². The highest BCUT2D eigenvalue weighted by atomic mass is 15.1. The van der Waals surface area contributed by atoms with Crippen molar-refractivity contribution < 1.29 is 0 Å². The minimum absolute atomic E-state index is 0.401. The van der Waals surface area contributed by atoms with E-state index in [0.29, 0.717) is 39.3 Å². The van der Waals surface area contributed by atoms with Gasteiger partial charge in [-0.15, -0.1) is 0 Å². The summed E-state index contributed by atoms with van der Waals surface area (Å²) in [6, 6.07) is 72.5. The SMILES string of the molecule is [C-]#[N+]c1cccc(-c2ccc3c(c2)c2cc(-c4cccc([N+]#[C-])c4)ccc2n3-c2cc([N+]#[C-])c(-c3cc(C)cc(C#N)c3)cc2-n2c3ccc(-c4cccc(C#N)c4)cc3c3cc(-c4cccc(C#N)c4)ccc32)c1. The molecule has 0 amide bonds. The fraction of sp³-hybridized carbons (Fsp3) is 0.0149. The number of hydrogen-bond donors (Lipinski definition) is 0. The maximum absolute atomic E-state index is 10.2. The molecule has 0 atom stereocenters. The second kappa shape index (κ2) is 18.2. The van der Waals surface area contributed by atoms with Crippen LogP contribution in [0.25, 0.3) is 125 Å². The fourth-order valence-corrected chi connectivity index (χ4v) is 10.6. The average molecular weight is 953 g/mol. The van der Waals surface area contributed by atoms with Gasteiger partial charge in [0.15, 0.2) is 17.1 Å². The Labute approximate surface area is 432 Å². The first-order chi connectivity index (χ1) is 36.7. The summed E-state index contributed by atoms with van der Waals surface area (Å²) in [6.07, 6.45) is 0. The molecule has 2 aromatic heterocycles. The van der Waals surface area contributed by atoms with E-state index in [1.807, 2.05) is 104 Å². The third-order valence-electron chi connectivity index (χ3n) is 14.0. The van der Waals surface area contributed by atoms with Crippen LogP contribution in [0.5, 0.6) is 0 Å². The number of rotatable bonds is 7. The summed E-state index contributed by atoms with van der Waals surface area (Å²) in [4.78, 5) is 11.7. The van der Waals surface area contributed by atoms with E-state index < -0.39 is 0 Å². The van der Waals surface area contributed by atoms with Crippen LogP contribution in [0, 0.1) is 60.6 Å².